The van der Waals surface area contributed by atoms with Crippen LogP contribution in [0.3, 0.4) is 0 Å². The van der Waals surface area contributed by atoms with E-state index in [4.69, 9.17) is 18.9 Å². The first-order valence-electron chi connectivity index (χ1n) is 11.2. The van der Waals surface area contributed by atoms with Crippen LogP contribution in [0.2, 0.25) is 0 Å². The molecule has 0 radical (unpaired) electrons. The molecule has 0 saturated carbocycles. The third-order valence-electron chi connectivity index (χ3n) is 5.92. The van der Waals surface area contributed by atoms with E-state index < -0.39 is 10.7 Å². The molecule has 1 saturated heterocycles. The van der Waals surface area contributed by atoms with Gasteiger partial charge in [0.1, 0.15) is 0 Å². The maximum atomic E-state index is 12.4. The van der Waals surface area contributed by atoms with E-state index in [1.807, 2.05) is 42.5 Å². The summed E-state index contributed by atoms with van der Waals surface area (Å²) in [5.74, 6) is -0.204. The quantitative estimate of drug-likeness (QED) is 0.187. The van der Waals surface area contributed by atoms with Crippen LogP contribution < -0.4 is 13.9 Å². The summed E-state index contributed by atoms with van der Waals surface area (Å²) in [6, 6.07) is 15.2. The Morgan fingerprint density at radius 3 is 2.32 bits per heavy atom. The fourth-order valence-electron chi connectivity index (χ4n) is 3.91. The number of methoxy groups -OCH3 is 2. The molecule has 2 aromatic carbocycles. The van der Waals surface area contributed by atoms with E-state index in [0.29, 0.717) is 37.6 Å². The number of hydrogen-bond acceptors (Lipinski definition) is 6. The van der Waals surface area contributed by atoms with E-state index in [2.05, 4.69) is 20.4 Å². The van der Waals surface area contributed by atoms with Crippen molar-refractivity contribution in [3.63, 3.8) is 0 Å². The molecule has 0 bridgehead atoms. The molecule has 1 heterocycles. The Balaban J connectivity index is 1.94. The van der Waals surface area contributed by atoms with E-state index in [1.54, 1.807) is 26.4 Å². The Labute approximate surface area is 207 Å². The number of hydrogen-bond donors (Lipinski definition) is 0. The van der Waals surface area contributed by atoms with Crippen LogP contribution >= 0.6 is 0 Å². The van der Waals surface area contributed by atoms with Gasteiger partial charge in [-0.3, -0.25) is 0 Å². The van der Waals surface area contributed by atoms with Gasteiger partial charge in [0, 0.05) is 0 Å². The maximum absolute atomic E-state index is 12.4. The summed E-state index contributed by atoms with van der Waals surface area (Å²) in [6.45, 7) is 9.17. The Bertz CT molecular complexity index is 971. The first kappa shape index (κ1) is 26.2. The van der Waals surface area contributed by atoms with E-state index in [-0.39, 0.29) is 31.2 Å². The summed E-state index contributed by atoms with van der Waals surface area (Å²) in [4.78, 5) is 11.4. The number of nitro groups is 1. The van der Waals surface area contributed by atoms with E-state index >= 15 is 0 Å². The molecule has 8 heteroatoms. The second-order valence-corrected chi connectivity index (χ2v) is 11.6. The second-order valence-electron chi connectivity index (χ2n) is 9.12. The van der Waals surface area contributed by atoms with Gasteiger partial charge in [-0.1, -0.05) is 0 Å². The Morgan fingerprint density at radius 2 is 1.76 bits per heavy atom. The van der Waals surface area contributed by atoms with Gasteiger partial charge in [0.25, 0.3) is 0 Å². The average Bonchev–Trinajstić information content (AvgIpc) is 2.85. The molecule has 34 heavy (non-hydrogen) atoms. The van der Waals surface area contributed by atoms with Gasteiger partial charge in [0.15, 0.2) is 0 Å². The Hall–Kier alpha value is -2.38. The molecule has 3 rings (SSSR count). The van der Waals surface area contributed by atoms with Crippen molar-refractivity contribution in [1.29, 1.82) is 0 Å². The molecule has 0 N–H and O–H groups in total. The minimum absolute atomic E-state index is 0.0882. The van der Waals surface area contributed by atoms with Crippen LogP contribution in [0.4, 0.5) is 0 Å². The Morgan fingerprint density at radius 1 is 1.12 bits per heavy atom. The van der Waals surface area contributed by atoms with Crippen LogP contribution in [0.5, 0.6) is 11.5 Å². The molecule has 184 valence electrons. The predicted octanol–water partition coefficient (Wildman–Crippen LogP) is 4.16. The van der Waals surface area contributed by atoms with Gasteiger partial charge in [-0.05, 0) is 0 Å². The van der Waals surface area contributed by atoms with Gasteiger partial charge in [-0.15, -0.1) is 0 Å². The van der Waals surface area contributed by atoms with Crippen molar-refractivity contribution < 1.29 is 23.9 Å². The zero-order valence-electron chi connectivity index (χ0n) is 20.2. The predicted molar refractivity (Wildman–Crippen MR) is 133 cm³/mol. The van der Waals surface area contributed by atoms with Crippen molar-refractivity contribution in [3.05, 3.63) is 76.9 Å². The van der Waals surface area contributed by atoms with Crippen LogP contribution in [-0.4, -0.2) is 58.0 Å². The standard InChI is InChI=1S/C26H33NO6Se/c1-6-26(32-17-25(2,3)18-33-26)15-14-21(19-12-13-22(30-4)23(16-19)31-5)24(27(28)29)34-20-10-8-7-9-11-20/h6-13,16,21,24H,1,14-15,17-18H2,2-5H3. The molecule has 7 nitrogen and oxygen atoms in total. The number of ether oxygens (including phenoxy) is 4. The number of benzene rings is 2. The number of rotatable bonds is 11. The van der Waals surface area contributed by atoms with Gasteiger partial charge in [-0.25, -0.2) is 0 Å². The molecule has 0 aromatic heterocycles. The molecule has 2 unspecified atom stereocenters. The molecule has 1 aliphatic rings. The van der Waals surface area contributed by atoms with Gasteiger partial charge < -0.3 is 0 Å². The summed E-state index contributed by atoms with van der Waals surface area (Å²) in [7, 11) is 3.13. The molecular formula is C26H33NO6Se. The average molecular weight is 535 g/mol. The van der Waals surface area contributed by atoms with Crippen molar-refractivity contribution in [2.75, 3.05) is 27.4 Å². The number of nitrogens with zero attached hydrogens (tertiary/aromatic N) is 1. The van der Waals surface area contributed by atoms with Crippen LogP contribution in [0, 0.1) is 15.5 Å². The monoisotopic (exact) mass is 535 g/mol. The van der Waals surface area contributed by atoms with E-state index in [1.165, 1.54) is 0 Å². The molecule has 0 spiro atoms. The summed E-state index contributed by atoms with van der Waals surface area (Å²) >= 11 is -0.389. The normalized spacial score (nSPS) is 18.5. The van der Waals surface area contributed by atoms with Gasteiger partial charge in [0.05, 0.1) is 0 Å². The zero-order chi connectivity index (χ0) is 24.8. The van der Waals surface area contributed by atoms with Gasteiger partial charge >= 0.3 is 208 Å². The molecule has 1 aliphatic heterocycles. The van der Waals surface area contributed by atoms with Crippen molar-refractivity contribution in [3.8, 4) is 11.5 Å². The molecule has 1 fully saturated rings. The van der Waals surface area contributed by atoms with E-state index in [9.17, 15) is 10.1 Å². The molecule has 2 aromatic rings. The summed E-state index contributed by atoms with van der Waals surface area (Å²) in [5.41, 5.74) is 0.738. The van der Waals surface area contributed by atoms with Crippen LogP contribution in [0.15, 0.2) is 61.2 Å². The first-order chi connectivity index (χ1) is 16.2. The van der Waals surface area contributed by atoms with E-state index in [0.717, 1.165) is 10.0 Å². The molecule has 0 aliphatic carbocycles. The van der Waals surface area contributed by atoms with Crippen molar-refractivity contribution >= 4 is 19.4 Å². The van der Waals surface area contributed by atoms with Crippen molar-refractivity contribution in [2.45, 2.75) is 43.3 Å². The first-order valence-corrected chi connectivity index (χ1v) is 13.1. The fourth-order valence-corrected chi connectivity index (χ4v) is 6.29. The van der Waals surface area contributed by atoms with Crippen molar-refractivity contribution in [2.24, 2.45) is 5.41 Å². The summed E-state index contributed by atoms with van der Waals surface area (Å²) in [6.07, 6.45) is 2.63. The third-order valence-corrected chi connectivity index (χ3v) is 8.62. The molecular weight excluding hydrogens is 501 g/mol. The van der Waals surface area contributed by atoms with Crippen LogP contribution in [-0.2, 0) is 9.47 Å². The summed E-state index contributed by atoms with van der Waals surface area (Å²) in [5, 5.41) is 12.4. The van der Waals surface area contributed by atoms with Crippen LogP contribution in [0.1, 0.15) is 38.2 Å². The Kier molecular flexibility index (Phi) is 8.77. The fraction of sp³-hybridized carbons (Fsp3) is 0.462. The van der Waals surface area contributed by atoms with Crippen molar-refractivity contribution in [1.82, 2.24) is 0 Å². The topological polar surface area (TPSA) is 80.1 Å². The molecule has 2 atom stereocenters. The zero-order valence-corrected chi connectivity index (χ0v) is 21.9. The second kappa shape index (κ2) is 11.4. The minimum atomic E-state index is -0.953. The molecule has 0 amide bonds. The van der Waals surface area contributed by atoms with Gasteiger partial charge in [0.2, 0.25) is 0 Å². The third kappa shape index (κ3) is 6.39. The van der Waals surface area contributed by atoms with Gasteiger partial charge in [-0.2, -0.15) is 0 Å². The summed E-state index contributed by atoms with van der Waals surface area (Å²) < 4.78 is 24.1. The SMILES string of the molecule is C=CC1(CCC(c2ccc(OC)c(OC)c2)C([Se]c2ccccc2)[N+](=O)[O-])OCC(C)(C)CO1. The van der Waals surface area contributed by atoms with Crippen LogP contribution in [0.25, 0.3) is 0 Å².